The minimum absolute atomic E-state index is 1.19. The molecule has 0 spiro atoms. The van der Waals surface area contributed by atoms with Gasteiger partial charge >= 0.3 is 0 Å². The van der Waals surface area contributed by atoms with Crippen molar-refractivity contribution < 1.29 is 0 Å². The Morgan fingerprint density at radius 3 is 1.89 bits per heavy atom. The van der Waals surface area contributed by atoms with Crippen molar-refractivity contribution in [2.75, 3.05) is 0 Å². The molecule has 0 bridgehead atoms. The summed E-state index contributed by atoms with van der Waals surface area (Å²) in [5.74, 6) is 0. The monoisotopic (exact) mass is 268 g/mol. The highest BCUT2D eigenvalue weighted by Gasteiger charge is 2.05. The van der Waals surface area contributed by atoms with Gasteiger partial charge in [-0.3, -0.25) is 0 Å². The van der Waals surface area contributed by atoms with Crippen molar-refractivity contribution in [3.63, 3.8) is 0 Å². The Balaban J connectivity index is 3.29. The van der Waals surface area contributed by atoms with E-state index in [0.29, 0.717) is 0 Å². The lowest BCUT2D eigenvalue weighted by molar-refractivity contribution is 1.41. The van der Waals surface area contributed by atoms with Crippen molar-refractivity contribution in [2.45, 2.75) is 13.8 Å². The van der Waals surface area contributed by atoms with Crippen LogP contribution < -0.4 is 0 Å². The molecule has 9 heavy (non-hydrogen) atoms. The van der Waals surface area contributed by atoms with E-state index in [0.717, 1.165) is 0 Å². The minimum atomic E-state index is 1.19. The van der Waals surface area contributed by atoms with E-state index in [1.165, 1.54) is 18.7 Å². The van der Waals surface area contributed by atoms with Gasteiger partial charge in [-0.25, -0.2) is 0 Å². The van der Waals surface area contributed by atoms with Crippen molar-refractivity contribution in [2.24, 2.45) is 0 Å². The smallest absolute Gasteiger partial charge is 0.0845 e. The second-order valence-electron chi connectivity index (χ2n) is 1.87. The van der Waals surface area contributed by atoms with Crippen LogP contribution in [0.1, 0.15) is 10.4 Å². The van der Waals surface area contributed by atoms with E-state index in [2.05, 4.69) is 45.7 Å². The van der Waals surface area contributed by atoms with Gasteiger partial charge in [0.25, 0.3) is 0 Å². The Morgan fingerprint density at radius 1 is 1.22 bits per heavy atom. The summed E-state index contributed by atoms with van der Waals surface area (Å²) in [5.41, 5.74) is 1.34. The van der Waals surface area contributed by atoms with E-state index < -0.39 is 0 Å². The van der Waals surface area contributed by atoms with E-state index in [4.69, 9.17) is 0 Å². The molecular formula is C6H6Br2S. The first kappa shape index (κ1) is 7.76. The molecule has 1 rings (SSSR count). The predicted octanol–water partition coefficient (Wildman–Crippen LogP) is 3.89. The van der Waals surface area contributed by atoms with Crippen molar-refractivity contribution in [1.82, 2.24) is 0 Å². The van der Waals surface area contributed by atoms with Gasteiger partial charge in [0.1, 0.15) is 0 Å². The SMILES string of the molecule is Cc1sc(Br)c(Br)c1C. The highest BCUT2D eigenvalue weighted by molar-refractivity contribution is 9.13. The molecule has 0 saturated carbocycles. The zero-order chi connectivity index (χ0) is 7.02. The van der Waals surface area contributed by atoms with E-state index in [-0.39, 0.29) is 0 Å². The maximum atomic E-state index is 3.46. The van der Waals surface area contributed by atoms with Crippen LogP contribution in [0.4, 0.5) is 0 Å². The third kappa shape index (κ3) is 1.38. The van der Waals surface area contributed by atoms with Gasteiger partial charge in [-0.1, -0.05) is 0 Å². The largest absolute Gasteiger partial charge is 0.132 e. The molecular weight excluding hydrogens is 264 g/mol. The fourth-order valence-corrected chi connectivity index (χ4v) is 3.02. The van der Waals surface area contributed by atoms with Crippen LogP contribution in [-0.4, -0.2) is 0 Å². The molecule has 0 atom stereocenters. The average molecular weight is 270 g/mol. The number of hydrogen-bond acceptors (Lipinski definition) is 1. The van der Waals surface area contributed by atoms with Crippen molar-refractivity contribution >= 4 is 43.2 Å². The molecule has 0 radical (unpaired) electrons. The molecule has 0 aromatic carbocycles. The average Bonchev–Trinajstić information content (AvgIpc) is 1.98. The fraction of sp³-hybridized carbons (Fsp3) is 0.333. The summed E-state index contributed by atoms with van der Waals surface area (Å²) in [5, 5.41) is 0. The zero-order valence-electron chi connectivity index (χ0n) is 5.16. The van der Waals surface area contributed by atoms with Crippen molar-refractivity contribution in [1.29, 1.82) is 0 Å². The number of aryl methyl sites for hydroxylation is 1. The molecule has 0 aliphatic rings. The molecule has 1 aromatic heterocycles. The maximum Gasteiger partial charge on any atom is 0.0845 e. The summed E-state index contributed by atoms with van der Waals surface area (Å²) in [6, 6.07) is 0. The quantitative estimate of drug-likeness (QED) is 0.670. The molecule has 0 aliphatic heterocycles. The molecule has 50 valence electrons. The van der Waals surface area contributed by atoms with Crippen LogP contribution in [0.5, 0.6) is 0 Å². The van der Waals surface area contributed by atoms with Crippen molar-refractivity contribution in [3.05, 3.63) is 18.7 Å². The molecule has 0 nitrogen and oxygen atoms in total. The highest BCUT2D eigenvalue weighted by atomic mass is 79.9. The molecule has 0 N–H and O–H groups in total. The van der Waals surface area contributed by atoms with E-state index in [1.54, 1.807) is 11.3 Å². The number of rotatable bonds is 0. The first-order valence-corrected chi connectivity index (χ1v) is 4.94. The van der Waals surface area contributed by atoms with E-state index >= 15 is 0 Å². The molecule has 1 heterocycles. The minimum Gasteiger partial charge on any atom is -0.132 e. The second-order valence-corrected chi connectivity index (χ2v) is 5.21. The van der Waals surface area contributed by atoms with Crippen LogP contribution in [-0.2, 0) is 0 Å². The topological polar surface area (TPSA) is 0 Å². The van der Waals surface area contributed by atoms with Crippen molar-refractivity contribution in [3.8, 4) is 0 Å². The Labute approximate surface area is 75.5 Å². The molecule has 0 fully saturated rings. The standard InChI is InChI=1S/C6H6Br2S/c1-3-4(2)9-6(8)5(3)7/h1-2H3. The maximum absolute atomic E-state index is 3.46. The summed E-state index contributed by atoms with van der Waals surface area (Å²) in [6.07, 6.45) is 0. The van der Waals surface area contributed by atoms with Crippen LogP contribution in [0, 0.1) is 13.8 Å². The molecule has 0 saturated heterocycles. The van der Waals surface area contributed by atoms with E-state index in [9.17, 15) is 0 Å². The van der Waals surface area contributed by atoms with Gasteiger partial charge in [0.05, 0.1) is 3.79 Å². The third-order valence-electron chi connectivity index (χ3n) is 1.27. The second kappa shape index (κ2) is 2.72. The van der Waals surface area contributed by atoms with Crippen LogP contribution in [0.2, 0.25) is 0 Å². The Bertz CT molecular complexity index is 205. The number of thiophene rings is 1. The van der Waals surface area contributed by atoms with Gasteiger partial charge in [0.2, 0.25) is 0 Å². The molecule has 3 heteroatoms. The normalized spacial score (nSPS) is 10.2. The van der Waals surface area contributed by atoms with E-state index in [1.807, 2.05) is 0 Å². The van der Waals surface area contributed by atoms with Gasteiger partial charge in [-0.05, 0) is 51.3 Å². The summed E-state index contributed by atoms with van der Waals surface area (Å²) in [4.78, 5) is 1.37. The van der Waals surface area contributed by atoms with Gasteiger partial charge in [-0.15, -0.1) is 11.3 Å². The Kier molecular flexibility index (Phi) is 2.35. The Hall–Kier alpha value is 0.660. The molecule has 0 amide bonds. The first-order valence-electron chi connectivity index (χ1n) is 2.54. The first-order chi connectivity index (χ1) is 4.13. The lowest BCUT2D eigenvalue weighted by atomic mass is 10.3. The lowest BCUT2D eigenvalue weighted by Gasteiger charge is -1.85. The van der Waals surface area contributed by atoms with Gasteiger partial charge in [-0.2, -0.15) is 0 Å². The predicted molar refractivity (Wildman–Crippen MR) is 49.2 cm³/mol. The van der Waals surface area contributed by atoms with Gasteiger partial charge < -0.3 is 0 Å². The van der Waals surface area contributed by atoms with Crippen LogP contribution in [0.3, 0.4) is 0 Å². The van der Waals surface area contributed by atoms with Crippen LogP contribution >= 0.6 is 43.2 Å². The lowest BCUT2D eigenvalue weighted by Crippen LogP contribution is -1.66. The Morgan fingerprint density at radius 2 is 1.78 bits per heavy atom. The zero-order valence-corrected chi connectivity index (χ0v) is 9.15. The van der Waals surface area contributed by atoms with Gasteiger partial charge in [0, 0.05) is 9.35 Å². The van der Waals surface area contributed by atoms with Crippen LogP contribution in [0.25, 0.3) is 0 Å². The molecule has 0 aliphatic carbocycles. The molecule has 0 unspecified atom stereocenters. The number of hydrogen-bond donors (Lipinski definition) is 0. The summed E-state index contributed by atoms with van der Waals surface area (Å²) < 4.78 is 2.39. The summed E-state index contributed by atoms with van der Waals surface area (Å²) in [6.45, 7) is 4.23. The number of halogens is 2. The summed E-state index contributed by atoms with van der Waals surface area (Å²) in [7, 11) is 0. The summed E-state index contributed by atoms with van der Waals surface area (Å²) >= 11 is 8.67. The molecule has 1 aromatic rings. The van der Waals surface area contributed by atoms with Gasteiger partial charge in [0.15, 0.2) is 0 Å². The highest BCUT2D eigenvalue weighted by Crippen LogP contribution is 2.35. The third-order valence-corrected chi connectivity index (χ3v) is 4.94. The van der Waals surface area contributed by atoms with Crippen LogP contribution in [0.15, 0.2) is 8.26 Å². The fourth-order valence-electron chi connectivity index (χ4n) is 0.558.